The standard InChI is InChI=1S/C9H11NO2/c1-4-7-5(2)8(9(11)12)10-6(7)3/h4,10H,1H2,2-3H3,(H,11,12). The lowest BCUT2D eigenvalue weighted by Crippen LogP contribution is -1.98. The van der Waals surface area contributed by atoms with Crippen molar-refractivity contribution in [2.75, 3.05) is 0 Å². The summed E-state index contributed by atoms with van der Waals surface area (Å²) in [7, 11) is 0. The van der Waals surface area contributed by atoms with E-state index in [0.29, 0.717) is 0 Å². The van der Waals surface area contributed by atoms with Crippen molar-refractivity contribution in [2.24, 2.45) is 0 Å². The molecule has 0 unspecified atom stereocenters. The molecule has 0 radical (unpaired) electrons. The van der Waals surface area contributed by atoms with Crippen LogP contribution < -0.4 is 0 Å². The van der Waals surface area contributed by atoms with E-state index in [4.69, 9.17) is 5.11 Å². The molecule has 1 aromatic rings. The molecule has 1 heterocycles. The number of carboxylic acids is 1. The molecule has 0 saturated heterocycles. The van der Waals surface area contributed by atoms with Crippen LogP contribution in [0.4, 0.5) is 0 Å². The van der Waals surface area contributed by atoms with Crippen molar-refractivity contribution in [2.45, 2.75) is 13.8 Å². The third-order valence-corrected chi connectivity index (χ3v) is 1.91. The minimum Gasteiger partial charge on any atom is -0.477 e. The van der Waals surface area contributed by atoms with Crippen molar-refractivity contribution >= 4 is 12.0 Å². The lowest BCUT2D eigenvalue weighted by Gasteiger charge is -1.91. The van der Waals surface area contributed by atoms with Gasteiger partial charge in [-0.05, 0) is 25.0 Å². The highest BCUT2D eigenvalue weighted by Gasteiger charge is 2.13. The van der Waals surface area contributed by atoms with Gasteiger partial charge in [0.15, 0.2) is 0 Å². The molecule has 0 aliphatic carbocycles. The van der Waals surface area contributed by atoms with Crippen LogP contribution in [-0.2, 0) is 0 Å². The molecule has 0 amide bonds. The number of aromatic nitrogens is 1. The van der Waals surface area contributed by atoms with E-state index >= 15 is 0 Å². The van der Waals surface area contributed by atoms with Crippen molar-refractivity contribution in [3.8, 4) is 0 Å². The quantitative estimate of drug-likeness (QED) is 0.703. The van der Waals surface area contributed by atoms with E-state index in [1.54, 1.807) is 13.0 Å². The number of aromatic amines is 1. The summed E-state index contributed by atoms with van der Waals surface area (Å²) in [5.41, 5.74) is 2.73. The van der Waals surface area contributed by atoms with E-state index in [1.165, 1.54) is 0 Å². The fourth-order valence-corrected chi connectivity index (χ4v) is 1.28. The zero-order valence-corrected chi connectivity index (χ0v) is 7.14. The minimum atomic E-state index is -0.927. The van der Waals surface area contributed by atoms with Crippen molar-refractivity contribution < 1.29 is 9.90 Å². The Labute approximate surface area is 70.7 Å². The average molecular weight is 165 g/mol. The zero-order valence-electron chi connectivity index (χ0n) is 7.14. The largest absolute Gasteiger partial charge is 0.477 e. The number of nitrogens with one attached hydrogen (secondary N) is 1. The van der Waals surface area contributed by atoms with E-state index in [1.807, 2.05) is 6.92 Å². The van der Waals surface area contributed by atoms with Crippen molar-refractivity contribution in [3.63, 3.8) is 0 Å². The topological polar surface area (TPSA) is 53.1 Å². The van der Waals surface area contributed by atoms with Crippen LogP contribution in [0.1, 0.15) is 27.3 Å². The van der Waals surface area contributed by atoms with Gasteiger partial charge in [0.05, 0.1) is 0 Å². The molecule has 12 heavy (non-hydrogen) atoms. The molecular formula is C9H11NO2. The summed E-state index contributed by atoms with van der Waals surface area (Å²) in [6.45, 7) is 7.21. The molecule has 1 aromatic heterocycles. The Hall–Kier alpha value is -1.51. The number of hydrogen-bond donors (Lipinski definition) is 2. The Kier molecular flexibility index (Phi) is 2.04. The molecule has 2 N–H and O–H groups in total. The Morgan fingerprint density at radius 2 is 2.17 bits per heavy atom. The number of hydrogen-bond acceptors (Lipinski definition) is 1. The van der Waals surface area contributed by atoms with Crippen molar-refractivity contribution in [3.05, 3.63) is 29.1 Å². The van der Waals surface area contributed by atoms with Gasteiger partial charge in [-0.25, -0.2) is 4.79 Å². The van der Waals surface area contributed by atoms with Gasteiger partial charge in [-0.15, -0.1) is 0 Å². The second-order valence-electron chi connectivity index (χ2n) is 2.67. The predicted octanol–water partition coefficient (Wildman–Crippen LogP) is 1.97. The molecule has 0 aliphatic rings. The van der Waals surface area contributed by atoms with Gasteiger partial charge in [-0.1, -0.05) is 12.7 Å². The molecule has 0 fully saturated rings. The second-order valence-corrected chi connectivity index (χ2v) is 2.67. The van der Waals surface area contributed by atoms with Crippen molar-refractivity contribution in [1.29, 1.82) is 0 Å². The molecule has 0 atom stereocenters. The number of aryl methyl sites for hydroxylation is 1. The van der Waals surface area contributed by atoms with E-state index in [0.717, 1.165) is 16.8 Å². The number of carboxylic acid groups (broad SMARTS) is 1. The van der Waals surface area contributed by atoms with Crippen molar-refractivity contribution in [1.82, 2.24) is 4.98 Å². The Balaban J connectivity index is 3.35. The highest BCUT2D eigenvalue weighted by atomic mass is 16.4. The van der Waals surface area contributed by atoms with Crippen LogP contribution in [0.5, 0.6) is 0 Å². The first-order valence-corrected chi connectivity index (χ1v) is 3.62. The number of carbonyl (C=O) groups is 1. The summed E-state index contributed by atoms with van der Waals surface area (Å²) < 4.78 is 0. The molecule has 0 spiro atoms. The monoisotopic (exact) mass is 165 g/mol. The van der Waals surface area contributed by atoms with Gasteiger partial charge in [0.1, 0.15) is 5.69 Å². The van der Waals surface area contributed by atoms with Gasteiger partial charge in [-0.3, -0.25) is 0 Å². The Bertz CT molecular complexity index is 337. The minimum absolute atomic E-state index is 0.252. The maximum atomic E-state index is 10.6. The molecule has 64 valence electrons. The molecule has 0 saturated carbocycles. The van der Waals surface area contributed by atoms with Gasteiger partial charge >= 0.3 is 5.97 Å². The van der Waals surface area contributed by atoms with Crippen LogP contribution in [0.25, 0.3) is 6.08 Å². The van der Waals surface area contributed by atoms with Crippen LogP contribution >= 0.6 is 0 Å². The highest BCUT2D eigenvalue weighted by molar-refractivity contribution is 5.89. The van der Waals surface area contributed by atoms with E-state index in [2.05, 4.69) is 11.6 Å². The van der Waals surface area contributed by atoms with Crippen LogP contribution in [0.15, 0.2) is 6.58 Å². The van der Waals surface area contributed by atoms with Gasteiger partial charge in [0.2, 0.25) is 0 Å². The maximum absolute atomic E-state index is 10.6. The molecule has 0 aliphatic heterocycles. The van der Waals surface area contributed by atoms with Crippen LogP contribution in [0.2, 0.25) is 0 Å². The first-order chi connectivity index (χ1) is 5.57. The first-order valence-electron chi connectivity index (χ1n) is 3.62. The molecule has 0 bridgehead atoms. The third-order valence-electron chi connectivity index (χ3n) is 1.91. The molecule has 3 nitrogen and oxygen atoms in total. The molecular weight excluding hydrogens is 154 g/mol. The van der Waals surface area contributed by atoms with E-state index < -0.39 is 5.97 Å². The predicted molar refractivity (Wildman–Crippen MR) is 47.3 cm³/mol. The maximum Gasteiger partial charge on any atom is 0.352 e. The summed E-state index contributed by atoms with van der Waals surface area (Å²) in [5, 5.41) is 8.73. The Morgan fingerprint density at radius 3 is 2.42 bits per heavy atom. The average Bonchev–Trinajstić information content (AvgIpc) is 2.27. The lowest BCUT2D eigenvalue weighted by atomic mass is 10.1. The molecule has 3 heteroatoms. The van der Waals surface area contributed by atoms with E-state index in [-0.39, 0.29) is 5.69 Å². The summed E-state index contributed by atoms with van der Waals surface area (Å²) >= 11 is 0. The second kappa shape index (κ2) is 2.85. The molecule has 0 aromatic carbocycles. The van der Waals surface area contributed by atoms with Gasteiger partial charge in [0.25, 0.3) is 0 Å². The summed E-state index contributed by atoms with van der Waals surface area (Å²) in [5.74, 6) is -0.927. The Morgan fingerprint density at radius 1 is 1.58 bits per heavy atom. The fraction of sp³-hybridized carbons (Fsp3) is 0.222. The smallest absolute Gasteiger partial charge is 0.352 e. The van der Waals surface area contributed by atoms with Crippen LogP contribution in [0, 0.1) is 13.8 Å². The highest BCUT2D eigenvalue weighted by Crippen LogP contribution is 2.18. The van der Waals surface area contributed by atoms with Gasteiger partial charge in [0, 0.05) is 5.69 Å². The summed E-state index contributed by atoms with van der Waals surface area (Å²) in [6, 6.07) is 0. The van der Waals surface area contributed by atoms with Crippen LogP contribution in [0.3, 0.4) is 0 Å². The summed E-state index contributed by atoms with van der Waals surface area (Å²) in [6.07, 6.45) is 1.66. The normalized spacial score (nSPS) is 9.83. The number of rotatable bonds is 2. The van der Waals surface area contributed by atoms with E-state index in [9.17, 15) is 4.79 Å². The van der Waals surface area contributed by atoms with Gasteiger partial charge < -0.3 is 10.1 Å². The number of aromatic carboxylic acids is 1. The third kappa shape index (κ3) is 1.13. The molecule has 1 rings (SSSR count). The fourth-order valence-electron chi connectivity index (χ4n) is 1.28. The SMILES string of the molecule is C=Cc1c(C)[nH]c(C(=O)O)c1C. The lowest BCUT2D eigenvalue weighted by molar-refractivity contribution is 0.0690. The number of H-pyrrole nitrogens is 1. The van der Waals surface area contributed by atoms with Crippen LogP contribution in [-0.4, -0.2) is 16.1 Å². The van der Waals surface area contributed by atoms with Gasteiger partial charge in [-0.2, -0.15) is 0 Å². The summed E-state index contributed by atoms with van der Waals surface area (Å²) in [4.78, 5) is 13.4. The first kappa shape index (κ1) is 8.59. The zero-order chi connectivity index (χ0) is 9.30.